The molecule has 0 unspecified atom stereocenters. The molecule has 1 aromatic heterocycles. The predicted octanol–water partition coefficient (Wildman–Crippen LogP) is 3.17. The molecular weight excluding hydrogens is 469 g/mol. The van der Waals surface area contributed by atoms with E-state index in [1.807, 2.05) is 17.0 Å². The Balaban J connectivity index is 1.28. The zero-order valence-electron chi connectivity index (χ0n) is 17.7. The standard InChI is InChI=1S/C22H23Cl2N5O4/c23-12-9-15(19(30)16(24)10-12)21(31)25-14-5-6-28(11-14)18-4-3-17-20(27-18)29(7-8-33-17)22(32)26-13-1-2-13/h3-4,9-10,13-14,30H,1-2,5-8,11H2,(H,25,31)(H,26,32)/t14-/m0/s1. The number of urea groups is 1. The maximum atomic E-state index is 12.7. The van der Waals surface area contributed by atoms with Gasteiger partial charge in [-0.15, -0.1) is 0 Å². The fourth-order valence-corrected chi connectivity index (χ4v) is 4.52. The summed E-state index contributed by atoms with van der Waals surface area (Å²) in [7, 11) is 0. The number of nitrogens with one attached hydrogen (secondary N) is 2. The molecule has 2 fully saturated rings. The lowest BCUT2D eigenvalue weighted by Crippen LogP contribution is -2.45. The number of aromatic hydroxyl groups is 1. The maximum Gasteiger partial charge on any atom is 0.323 e. The summed E-state index contributed by atoms with van der Waals surface area (Å²) in [6.07, 6.45) is 2.72. The molecule has 2 aliphatic heterocycles. The Kier molecular flexibility index (Phi) is 5.84. The van der Waals surface area contributed by atoms with E-state index in [1.165, 1.54) is 12.1 Å². The molecule has 1 aromatic carbocycles. The number of hydrogen-bond acceptors (Lipinski definition) is 6. The number of benzene rings is 1. The van der Waals surface area contributed by atoms with Crippen LogP contribution in [0.25, 0.3) is 0 Å². The molecule has 1 saturated carbocycles. The van der Waals surface area contributed by atoms with Crippen molar-refractivity contribution in [3.05, 3.63) is 39.9 Å². The van der Waals surface area contributed by atoms with Gasteiger partial charge in [0.25, 0.3) is 5.91 Å². The molecule has 0 radical (unpaired) electrons. The van der Waals surface area contributed by atoms with Crippen LogP contribution < -0.4 is 25.2 Å². The Bertz CT molecular complexity index is 1110. The van der Waals surface area contributed by atoms with E-state index >= 15 is 0 Å². The fourth-order valence-electron chi connectivity index (χ4n) is 4.03. The third-order valence-corrected chi connectivity index (χ3v) is 6.43. The first-order valence-corrected chi connectivity index (χ1v) is 11.6. The van der Waals surface area contributed by atoms with Crippen LogP contribution >= 0.6 is 23.2 Å². The van der Waals surface area contributed by atoms with Gasteiger partial charge in [0.15, 0.2) is 11.6 Å². The molecule has 11 heteroatoms. The Labute approximate surface area is 200 Å². The van der Waals surface area contributed by atoms with E-state index in [-0.39, 0.29) is 39.5 Å². The highest BCUT2D eigenvalue weighted by Gasteiger charge is 2.32. The van der Waals surface area contributed by atoms with Crippen molar-refractivity contribution in [1.29, 1.82) is 0 Å². The number of carbonyl (C=O) groups is 2. The van der Waals surface area contributed by atoms with E-state index in [2.05, 4.69) is 10.6 Å². The highest BCUT2D eigenvalue weighted by atomic mass is 35.5. The van der Waals surface area contributed by atoms with E-state index in [0.717, 1.165) is 12.8 Å². The number of rotatable bonds is 4. The van der Waals surface area contributed by atoms with Crippen LogP contribution in [0.4, 0.5) is 16.4 Å². The van der Waals surface area contributed by atoms with Gasteiger partial charge in [0.2, 0.25) is 0 Å². The van der Waals surface area contributed by atoms with E-state index in [4.69, 9.17) is 32.9 Å². The smallest absolute Gasteiger partial charge is 0.323 e. The van der Waals surface area contributed by atoms with Crippen molar-refractivity contribution in [3.63, 3.8) is 0 Å². The molecule has 3 heterocycles. The number of carbonyl (C=O) groups excluding carboxylic acids is 2. The normalized spacial score (nSPS) is 19.6. The van der Waals surface area contributed by atoms with Crippen molar-refractivity contribution < 1.29 is 19.4 Å². The van der Waals surface area contributed by atoms with Crippen LogP contribution in [0.15, 0.2) is 24.3 Å². The van der Waals surface area contributed by atoms with Crippen molar-refractivity contribution in [2.75, 3.05) is 36.0 Å². The van der Waals surface area contributed by atoms with Crippen molar-refractivity contribution in [2.24, 2.45) is 0 Å². The van der Waals surface area contributed by atoms with Gasteiger partial charge in [0.1, 0.15) is 18.2 Å². The number of anilines is 2. The van der Waals surface area contributed by atoms with Gasteiger partial charge in [-0.2, -0.15) is 0 Å². The summed E-state index contributed by atoms with van der Waals surface area (Å²) in [4.78, 5) is 33.7. The average Bonchev–Trinajstić information content (AvgIpc) is 3.49. The van der Waals surface area contributed by atoms with E-state index < -0.39 is 5.91 Å². The van der Waals surface area contributed by atoms with Gasteiger partial charge in [-0.1, -0.05) is 23.2 Å². The molecule has 2 aromatic rings. The third kappa shape index (κ3) is 4.60. The van der Waals surface area contributed by atoms with Crippen LogP contribution in [0.1, 0.15) is 29.6 Å². The molecule has 1 aliphatic carbocycles. The molecule has 174 valence electrons. The van der Waals surface area contributed by atoms with Gasteiger partial charge in [0.05, 0.1) is 17.1 Å². The largest absolute Gasteiger partial charge is 0.506 e. The van der Waals surface area contributed by atoms with Crippen LogP contribution in [-0.2, 0) is 0 Å². The van der Waals surface area contributed by atoms with Crippen LogP contribution in [0.5, 0.6) is 11.5 Å². The number of fused-ring (bicyclic) bond motifs is 1. The number of amides is 3. The monoisotopic (exact) mass is 491 g/mol. The van der Waals surface area contributed by atoms with Gasteiger partial charge < -0.3 is 25.4 Å². The van der Waals surface area contributed by atoms with E-state index in [1.54, 1.807) is 4.90 Å². The molecule has 9 nitrogen and oxygen atoms in total. The molecule has 1 atom stereocenters. The number of aromatic nitrogens is 1. The fraction of sp³-hybridized carbons (Fsp3) is 0.409. The minimum Gasteiger partial charge on any atom is -0.506 e. The molecule has 0 bridgehead atoms. The Hall–Kier alpha value is -2.91. The highest BCUT2D eigenvalue weighted by Crippen LogP contribution is 2.34. The Morgan fingerprint density at radius 3 is 2.70 bits per heavy atom. The van der Waals surface area contributed by atoms with Crippen LogP contribution in [0.3, 0.4) is 0 Å². The second kappa shape index (κ2) is 8.79. The topological polar surface area (TPSA) is 107 Å². The number of halogens is 2. The van der Waals surface area contributed by atoms with Gasteiger partial charge in [-0.05, 0) is 43.5 Å². The quantitative estimate of drug-likeness (QED) is 0.606. The van der Waals surface area contributed by atoms with Crippen molar-refractivity contribution in [3.8, 4) is 11.5 Å². The predicted molar refractivity (Wildman–Crippen MR) is 125 cm³/mol. The zero-order chi connectivity index (χ0) is 23.1. The van der Waals surface area contributed by atoms with Crippen LogP contribution in [-0.4, -0.2) is 60.4 Å². The molecule has 3 amide bonds. The summed E-state index contributed by atoms with van der Waals surface area (Å²) in [5.74, 6) is 1.04. The lowest BCUT2D eigenvalue weighted by atomic mass is 10.1. The highest BCUT2D eigenvalue weighted by molar-refractivity contribution is 6.36. The minimum atomic E-state index is -0.446. The molecule has 5 rings (SSSR count). The van der Waals surface area contributed by atoms with Gasteiger partial charge in [-0.25, -0.2) is 9.78 Å². The Morgan fingerprint density at radius 1 is 1.09 bits per heavy atom. The number of nitrogens with zero attached hydrogens (tertiary/aromatic N) is 3. The number of phenols is 1. The first kappa shape index (κ1) is 21.9. The zero-order valence-corrected chi connectivity index (χ0v) is 19.2. The number of hydrogen-bond donors (Lipinski definition) is 3. The van der Waals surface area contributed by atoms with Crippen molar-refractivity contribution >= 4 is 46.8 Å². The number of phenolic OH excluding ortho intramolecular Hbond substituents is 1. The molecule has 1 saturated heterocycles. The summed E-state index contributed by atoms with van der Waals surface area (Å²) in [6, 6.07) is 6.39. The second-order valence-corrected chi connectivity index (χ2v) is 9.25. The lowest BCUT2D eigenvalue weighted by molar-refractivity contribution is 0.0937. The minimum absolute atomic E-state index is 0.0245. The van der Waals surface area contributed by atoms with Crippen LogP contribution in [0, 0.1) is 0 Å². The number of ether oxygens (including phenoxy) is 1. The van der Waals surface area contributed by atoms with Gasteiger partial charge >= 0.3 is 6.03 Å². The van der Waals surface area contributed by atoms with Crippen LogP contribution in [0.2, 0.25) is 10.0 Å². The third-order valence-electron chi connectivity index (χ3n) is 5.92. The number of pyridine rings is 1. The lowest BCUT2D eigenvalue weighted by Gasteiger charge is -2.30. The average molecular weight is 492 g/mol. The second-order valence-electron chi connectivity index (χ2n) is 8.40. The Morgan fingerprint density at radius 2 is 1.91 bits per heavy atom. The molecule has 3 aliphatic rings. The van der Waals surface area contributed by atoms with E-state index in [0.29, 0.717) is 50.0 Å². The van der Waals surface area contributed by atoms with Crippen molar-refractivity contribution in [1.82, 2.24) is 15.6 Å². The summed E-state index contributed by atoms with van der Waals surface area (Å²) < 4.78 is 5.69. The van der Waals surface area contributed by atoms with E-state index in [9.17, 15) is 14.7 Å². The first-order valence-electron chi connectivity index (χ1n) is 10.8. The van der Waals surface area contributed by atoms with Gasteiger partial charge in [-0.3, -0.25) is 9.69 Å². The summed E-state index contributed by atoms with van der Waals surface area (Å²) in [6.45, 7) is 2.06. The SMILES string of the molecule is O=C(N[C@H]1CCN(c2ccc3c(n2)N(C(=O)NC2CC2)CCO3)C1)c1cc(Cl)cc(Cl)c1O. The first-order chi connectivity index (χ1) is 15.9. The summed E-state index contributed by atoms with van der Waals surface area (Å²) in [5.41, 5.74) is 0.0346. The summed E-state index contributed by atoms with van der Waals surface area (Å²) >= 11 is 11.9. The van der Waals surface area contributed by atoms with Crippen molar-refractivity contribution in [2.45, 2.75) is 31.3 Å². The molecule has 33 heavy (non-hydrogen) atoms. The molecule has 0 spiro atoms. The molecular formula is C22H23Cl2N5O4. The van der Waals surface area contributed by atoms with Gasteiger partial charge in [0, 0.05) is 30.2 Å². The summed E-state index contributed by atoms with van der Waals surface area (Å²) in [5, 5.41) is 16.3. The molecule has 3 N–H and O–H groups in total. The maximum absolute atomic E-state index is 12.7.